The average Bonchev–Trinajstić information content (AvgIpc) is 2.36. The van der Waals surface area contributed by atoms with E-state index in [-0.39, 0.29) is 31.6 Å². The van der Waals surface area contributed by atoms with E-state index < -0.39 is 7.60 Å². The molecule has 1 aliphatic heterocycles. The molecular weight excluding hydrogens is 205 g/mol. The first-order chi connectivity index (χ1) is 6.57. The third-order valence-electron chi connectivity index (χ3n) is 1.92. The van der Waals surface area contributed by atoms with Crippen molar-refractivity contribution in [1.82, 2.24) is 0 Å². The number of hydrogen-bond donors (Lipinski definition) is 0. The molecule has 1 saturated heterocycles. The molecule has 0 radical (unpaired) electrons. The van der Waals surface area contributed by atoms with Gasteiger partial charge >= 0.3 is 7.60 Å². The van der Waals surface area contributed by atoms with Gasteiger partial charge in [0, 0.05) is 0 Å². The first kappa shape index (κ1) is 11.7. The van der Waals surface area contributed by atoms with E-state index in [9.17, 15) is 4.57 Å². The van der Waals surface area contributed by atoms with Crippen molar-refractivity contribution in [2.24, 2.45) is 0 Å². The van der Waals surface area contributed by atoms with Gasteiger partial charge in [-0.25, -0.2) is 0 Å². The Labute approximate surface area is 83.5 Å². The Balaban J connectivity index is 2.31. The second-order valence-corrected chi connectivity index (χ2v) is 5.08. The van der Waals surface area contributed by atoms with E-state index in [1.807, 2.05) is 6.07 Å². The van der Waals surface area contributed by atoms with Gasteiger partial charge in [0.2, 0.25) is 0 Å². The highest BCUT2D eigenvalue weighted by Gasteiger charge is 2.39. The molecule has 2 unspecified atom stereocenters. The molecule has 14 heavy (non-hydrogen) atoms. The second-order valence-electron chi connectivity index (χ2n) is 3.18. The van der Waals surface area contributed by atoms with Crippen LogP contribution in [0.15, 0.2) is 0 Å². The van der Waals surface area contributed by atoms with Gasteiger partial charge in [0.1, 0.15) is 6.35 Å². The maximum atomic E-state index is 11.7. The zero-order valence-electron chi connectivity index (χ0n) is 8.30. The maximum Gasteiger partial charge on any atom is 0.356 e. The Hall–Kier alpha value is -0.400. The van der Waals surface area contributed by atoms with Crippen LogP contribution in [0.3, 0.4) is 0 Å². The van der Waals surface area contributed by atoms with E-state index in [2.05, 4.69) is 0 Å². The van der Waals surface area contributed by atoms with Gasteiger partial charge in [0.15, 0.2) is 0 Å². The molecule has 2 atom stereocenters. The molecule has 5 nitrogen and oxygen atoms in total. The van der Waals surface area contributed by atoms with Crippen molar-refractivity contribution in [2.75, 3.05) is 13.0 Å². The highest BCUT2D eigenvalue weighted by molar-refractivity contribution is 7.53. The van der Waals surface area contributed by atoms with Crippen molar-refractivity contribution in [3.05, 3.63) is 0 Å². The number of rotatable bonds is 4. The highest BCUT2D eigenvalue weighted by atomic mass is 31.2. The lowest BCUT2D eigenvalue weighted by atomic mass is 10.3. The van der Waals surface area contributed by atoms with Gasteiger partial charge in [0.25, 0.3) is 0 Å². The van der Waals surface area contributed by atoms with E-state index in [4.69, 9.17) is 19.0 Å². The monoisotopic (exact) mass is 219 g/mol. The fourth-order valence-corrected chi connectivity index (χ4v) is 2.94. The fraction of sp³-hybridized carbons (Fsp3) is 0.875. The molecule has 1 rings (SSSR count). The summed E-state index contributed by atoms with van der Waals surface area (Å²) in [5.41, 5.74) is 0. The lowest BCUT2D eigenvalue weighted by Crippen LogP contribution is -2.13. The molecule has 80 valence electrons. The second kappa shape index (κ2) is 4.90. The summed E-state index contributed by atoms with van der Waals surface area (Å²) in [6, 6.07) is 1.93. The topological polar surface area (TPSA) is 68.5 Å². The van der Waals surface area contributed by atoms with E-state index in [0.29, 0.717) is 0 Å². The van der Waals surface area contributed by atoms with Crippen LogP contribution in [-0.2, 0) is 18.3 Å². The van der Waals surface area contributed by atoms with E-state index >= 15 is 0 Å². The van der Waals surface area contributed by atoms with Crippen LogP contribution in [0.2, 0.25) is 0 Å². The minimum Gasteiger partial charge on any atom is -0.368 e. The van der Waals surface area contributed by atoms with Crippen molar-refractivity contribution in [3.8, 4) is 6.07 Å². The van der Waals surface area contributed by atoms with Crippen molar-refractivity contribution in [3.63, 3.8) is 0 Å². The summed E-state index contributed by atoms with van der Waals surface area (Å²) in [4.78, 5) is 0. The van der Waals surface area contributed by atoms with Crippen molar-refractivity contribution < 1.29 is 18.3 Å². The van der Waals surface area contributed by atoms with Crippen LogP contribution in [0.25, 0.3) is 0 Å². The maximum absolute atomic E-state index is 11.7. The molecule has 0 aliphatic carbocycles. The summed E-state index contributed by atoms with van der Waals surface area (Å²) in [6.07, 6.45) is -0.116. The van der Waals surface area contributed by atoms with Crippen LogP contribution in [0.1, 0.15) is 20.3 Å². The highest BCUT2D eigenvalue weighted by Crippen LogP contribution is 2.56. The van der Waals surface area contributed by atoms with Gasteiger partial charge in [-0.2, -0.15) is 5.26 Å². The lowest BCUT2D eigenvalue weighted by Gasteiger charge is -2.09. The third kappa shape index (κ3) is 3.07. The van der Waals surface area contributed by atoms with Crippen LogP contribution >= 0.6 is 7.60 Å². The predicted octanol–water partition coefficient (Wildman–Crippen LogP) is 1.89. The van der Waals surface area contributed by atoms with Gasteiger partial charge in [-0.1, -0.05) is 0 Å². The van der Waals surface area contributed by atoms with Crippen LogP contribution in [0.4, 0.5) is 0 Å². The zero-order chi connectivity index (χ0) is 10.6. The molecule has 0 N–H and O–H groups in total. The molecular formula is C8H14NO4P. The quantitative estimate of drug-likeness (QED) is 0.533. The molecule has 1 fully saturated rings. The normalized spacial score (nSPS) is 36.9. The smallest absolute Gasteiger partial charge is 0.356 e. The fourth-order valence-electron chi connectivity index (χ4n) is 1.06. The van der Waals surface area contributed by atoms with Crippen LogP contribution < -0.4 is 0 Å². The Morgan fingerprint density at radius 3 is 2.50 bits per heavy atom. The van der Waals surface area contributed by atoms with Gasteiger partial charge in [-0.15, -0.1) is 0 Å². The lowest BCUT2D eigenvalue weighted by molar-refractivity contribution is 0.158. The number of nitrogens with zero attached hydrogens (tertiary/aromatic N) is 1. The molecule has 0 spiro atoms. The molecule has 0 aromatic heterocycles. The molecule has 1 aliphatic rings. The van der Waals surface area contributed by atoms with E-state index in [0.717, 1.165) is 0 Å². The van der Waals surface area contributed by atoms with Crippen LogP contribution in [-0.4, -0.2) is 25.2 Å². The Kier molecular flexibility index (Phi) is 4.09. The third-order valence-corrected chi connectivity index (χ3v) is 3.73. The van der Waals surface area contributed by atoms with Crippen molar-refractivity contribution >= 4 is 7.60 Å². The standard InChI is InChI=1S/C8H14NO4P/c1-7-8(2)13-14(10,12-7)6-11-5-3-4-9/h7-8H,3,5-6H2,1-2H3. The molecule has 0 saturated carbocycles. The van der Waals surface area contributed by atoms with Crippen LogP contribution in [0.5, 0.6) is 0 Å². The first-order valence-electron chi connectivity index (χ1n) is 4.48. The Morgan fingerprint density at radius 1 is 1.43 bits per heavy atom. The average molecular weight is 219 g/mol. The summed E-state index contributed by atoms with van der Waals surface area (Å²) < 4.78 is 27.1. The molecule has 0 amide bonds. The summed E-state index contributed by atoms with van der Waals surface area (Å²) in [6.45, 7) is 3.87. The van der Waals surface area contributed by atoms with E-state index in [1.54, 1.807) is 13.8 Å². The predicted molar refractivity (Wildman–Crippen MR) is 49.7 cm³/mol. The molecule has 0 bridgehead atoms. The summed E-state index contributed by atoms with van der Waals surface area (Å²) in [7, 11) is -3.05. The van der Waals surface area contributed by atoms with Gasteiger partial charge in [-0.3, -0.25) is 4.57 Å². The number of nitriles is 1. The first-order valence-corrected chi connectivity index (χ1v) is 6.21. The van der Waals surface area contributed by atoms with Gasteiger partial charge < -0.3 is 13.8 Å². The summed E-state index contributed by atoms with van der Waals surface area (Å²) in [5, 5.41) is 8.24. The zero-order valence-corrected chi connectivity index (χ0v) is 9.20. The summed E-state index contributed by atoms with van der Waals surface area (Å²) in [5.74, 6) is 0. The van der Waals surface area contributed by atoms with Gasteiger partial charge in [0.05, 0.1) is 31.3 Å². The Bertz CT molecular complexity index is 261. The largest absolute Gasteiger partial charge is 0.368 e. The number of hydrogen-bond acceptors (Lipinski definition) is 5. The number of ether oxygens (including phenoxy) is 1. The van der Waals surface area contributed by atoms with E-state index in [1.165, 1.54) is 0 Å². The molecule has 6 heteroatoms. The SMILES string of the molecule is CC1OP(=O)(COCCC#N)OC1C. The minimum atomic E-state index is -3.05. The molecule has 0 aromatic rings. The van der Waals surface area contributed by atoms with Gasteiger partial charge in [-0.05, 0) is 13.8 Å². The Morgan fingerprint density at radius 2 is 2.00 bits per heavy atom. The summed E-state index contributed by atoms with van der Waals surface area (Å²) >= 11 is 0. The van der Waals surface area contributed by atoms with Crippen molar-refractivity contribution in [2.45, 2.75) is 32.5 Å². The minimum absolute atomic E-state index is 0.0661. The van der Waals surface area contributed by atoms with Crippen molar-refractivity contribution in [1.29, 1.82) is 5.26 Å². The molecule has 1 heterocycles. The molecule has 0 aromatic carbocycles. The van der Waals surface area contributed by atoms with Crippen LogP contribution in [0, 0.1) is 11.3 Å².